The number of aryl methyl sites for hydroxylation is 2. The molecule has 2 N–H and O–H groups in total. The van der Waals surface area contributed by atoms with Gasteiger partial charge >= 0.3 is 0 Å². The Kier molecular flexibility index (Phi) is 6.37. The van der Waals surface area contributed by atoms with Crippen molar-refractivity contribution >= 4 is 28.2 Å². The first kappa shape index (κ1) is 22.1. The fourth-order valence-corrected chi connectivity index (χ4v) is 4.09. The highest BCUT2D eigenvalue weighted by molar-refractivity contribution is 7.80. The van der Waals surface area contributed by atoms with Crippen LogP contribution in [-0.4, -0.2) is 27.8 Å². The highest BCUT2D eigenvalue weighted by atomic mass is 32.1. The maximum atomic E-state index is 13.0. The lowest BCUT2D eigenvalue weighted by Gasteiger charge is -2.28. The Hall–Kier alpha value is -3.06. The molecule has 0 bridgehead atoms. The summed E-state index contributed by atoms with van der Waals surface area (Å²) >= 11 is 5.74. The summed E-state index contributed by atoms with van der Waals surface area (Å²) < 4.78 is 10.9. The summed E-state index contributed by atoms with van der Waals surface area (Å²) in [5.41, 5.74) is 4.76. The molecule has 0 spiro atoms. The van der Waals surface area contributed by atoms with E-state index in [9.17, 15) is 4.79 Å². The molecule has 2 heterocycles. The number of nitrogens with one attached hydrogen (secondary N) is 2. The largest absolute Gasteiger partial charge is 0.454 e. The average Bonchev–Trinajstić information content (AvgIpc) is 3.24. The predicted molar refractivity (Wildman–Crippen MR) is 131 cm³/mol. The predicted octanol–water partition coefficient (Wildman–Crippen LogP) is 4.55. The molecule has 6 nitrogen and oxygen atoms in total. The van der Waals surface area contributed by atoms with Crippen LogP contribution in [0.5, 0.6) is 11.5 Å². The monoisotopic (exact) mass is 451 g/mol. The third-order valence-electron chi connectivity index (χ3n) is 6.07. The fourth-order valence-electron chi connectivity index (χ4n) is 3.76. The zero-order valence-corrected chi connectivity index (χ0v) is 19.8. The third kappa shape index (κ3) is 4.58. The Bertz CT molecular complexity index is 1220. The summed E-state index contributed by atoms with van der Waals surface area (Å²) in [6.07, 6.45) is 0.952. The lowest BCUT2D eigenvalue weighted by Crippen LogP contribution is -2.43. The summed E-state index contributed by atoms with van der Waals surface area (Å²) in [5, 5.41) is 5.03. The van der Waals surface area contributed by atoms with E-state index in [0.29, 0.717) is 23.8 Å². The highest BCUT2D eigenvalue weighted by Gasteiger charge is 2.18. The smallest absolute Gasteiger partial charge is 0.253 e. The minimum Gasteiger partial charge on any atom is -0.454 e. The van der Waals surface area contributed by atoms with Crippen molar-refractivity contribution in [3.05, 3.63) is 69.0 Å². The van der Waals surface area contributed by atoms with E-state index in [-0.39, 0.29) is 18.4 Å². The van der Waals surface area contributed by atoms with Gasteiger partial charge in [-0.2, -0.15) is 0 Å². The fraction of sp³-hybridized carbons (Fsp3) is 0.360. The van der Waals surface area contributed by atoms with E-state index in [2.05, 4.69) is 36.3 Å². The number of thiocarbonyl (C=S) groups is 1. The molecule has 1 atom stereocenters. The Labute approximate surface area is 193 Å². The number of ether oxygens (including phenoxy) is 2. The second-order valence-corrected chi connectivity index (χ2v) is 8.78. The molecule has 0 saturated heterocycles. The first-order chi connectivity index (χ1) is 15.4. The maximum absolute atomic E-state index is 13.0. The molecule has 168 valence electrons. The van der Waals surface area contributed by atoms with Crippen molar-refractivity contribution in [2.24, 2.45) is 0 Å². The molecule has 4 rings (SSSR count). The van der Waals surface area contributed by atoms with Crippen molar-refractivity contribution in [3.63, 3.8) is 0 Å². The van der Waals surface area contributed by atoms with Crippen LogP contribution in [0.1, 0.15) is 42.5 Å². The summed E-state index contributed by atoms with van der Waals surface area (Å²) in [6, 6.07) is 12.2. The van der Waals surface area contributed by atoms with Gasteiger partial charge in [-0.05, 0) is 79.7 Å². The van der Waals surface area contributed by atoms with Gasteiger partial charge in [0.05, 0.1) is 12.1 Å². The SMILES string of the molecule is CCC(C)NC(=S)N(Cc1ccc2c(c1)OCO2)Cc1cc2ccc(C)c(C)c2[nH]c1=O. The normalized spacial score (nSPS) is 13.2. The van der Waals surface area contributed by atoms with Gasteiger partial charge in [0.1, 0.15) is 0 Å². The van der Waals surface area contributed by atoms with Crippen LogP contribution in [0.4, 0.5) is 0 Å². The maximum Gasteiger partial charge on any atom is 0.253 e. The van der Waals surface area contributed by atoms with Gasteiger partial charge in [0.25, 0.3) is 5.56 Å². The summed E-state index contributed by atoms with van der Waals surface area (Å²) in [5.74, 6) is 1.48. The highest BCUT2D eigenvalue weighted by Crippen LogP contribution is 2.33. The molecular formula is C25H29N3O3S. The summed E-state index contributed by atoms with van der Waals surface area (Å²) in [4.78, 5) is 18.1. The molecular weight excluding hydrogens is 422 g/mol. The molecule has 0 radical (unpaired) electrons. The van der Waals surface area contributed by atoms with Crippen LogP contribution in [0.3, 0.4) is 0 Å². The Balaban J connectivity index is 1.65. The zero-order valence-electron chi connectivity index (χ0n) is 19.0. The van der Waals surface area contributed by atoms with Gasteiger partial charge in [-0.15, -0.1) is 0 Å². The number of nitrogens with zero attached hydrogens (tertiary/aromatic N) is 1. The summed E-state index contributed by atoms with van der Waals surface area (Å²) in [7, 11) is 0. The topological polar surface area (TPSA) is 66.6 Å². The van der Waals surface area contributed by atoms with Crippen molar-refractivity contribution in [2.45, 2.75) is 53.2 Å². The van der Waals surface area contributed by atoms with Crippen LogP contribution in [0.2, 0.25) is 0 Å². The molecule has 0 aliphatic carbocycles. The van der Waals surface area contributed by atoms with Crippen LogP contribution in [0, 0.1) is 13.8 Å². The standard InChI is InChI=1S/C25H29N3O3S/c1-5-16(3)26-25(32)28(12-18-7-9-21-22(10-18)31-14-30-21)13-20-11-19-8-6-15(2)17(4)23(19)27-24(20)29/h6-11,16H,5,12-14H2,1-4H3,(H,26,32)(H,27,29). The lowest BCUT2D eigenvalue weighted by atomic mass is 10.0. The van der Waals surface area contributed by atoms with Crippen LogP contribution in [-0.2, 0) is 13.1 Å². The lowest BCUT2D eigenvalue weighted by molar-refractivity contribution is 0.174. The molecule has 3 aromatic rings. The molecule has 0 fully saturated rings. The van der Waals surface area contributed by atoms with Gasteiger partial charge in [-0.1, -0.05) is 25.1 Å². The molecule has 0 saturated carbocycles. The number of H-pyrrole nitrogens is 1. The van der Waals surface area contributed by atoms with Gasteiger partial charge in [-0.3, -0.25) is 4.79 Å². The van der Waals surface area contributed by atoms with Crippen LogP contribution < -0.4 is 20.3 Å². The summed E-state index contributed by atoms with van der Waals surface area (Å²) in [6.45, 7) is 9.47. The van der Waals surface area contributed by atoms with E-state index >= 15 is 0 Å². The Morgan fingerprint density at radius 2 is 1.94 bits per heavy atom. The van der Waals surface area contributed by atoms with E-state index in [4.69, 9.17) is 21.7 Å². The average molecular weight is 452 g/mol. The van der Waals surface area contributed by atoms with Gasteiger partial charge in [0, 0.05) is 18.2 Å². The number of rotatable bonds is 6. The first-order valence-electron chi connectivity index (χ1n) is 10.9. The molecule has 7 heteroatoms. The number of aromatic nitrogens is 1. The third-order valence-corrected chi connectivity index (χ3v) is 6.45. The van der Waals surface area contributed by atoms with E-state index < -0.39 is 0 Å². The number of aromatic amines is 1. The van der Waals surface area contributed by atoms with Crippen LogP contribution >= 0.6 is 12.2 Å². The Morgan fingerprint density at radius 1 is 1.16 bits per heavy atom. The first-order valence-corrected chi connectivity index (χ1v) is 11.3. The molecule has 1 aromatic heterocycles. The van der Waals surface area contributed by atoms with Crippen LogP contribution in [0.25, 0.3) is 10.9 Å². The second kappa shape index (κ2) is 9.20. The minimum absolute atomic E-state index is 0.0896. The molecule has 2 aromatic carbocycles. The minimum atomic E-state index is -0.0896. The molecule has 1 aliphatic heterocycles. The second-order valence-electron chi connectivity index (χ2n) is 8.40. The number of pyridine rings is 1. The van der Waals surface area contributed by atoms with Gasteiger partial charge in [-0.25, -0.2) is 0 Å². The Morgan fingerprint density at radius 3 is 2.72 bits per heavy atom. The number of benzene rings is 2. The van der Waals surface area contributed by atoms with Crippen molar-refractivity contribution < 1.29 is 9.47 Å². The van der Waals surface area contributed by atoms with Gasteiger partial charge in [0.2, 0.25) is 6.79 Å². The van der Waals surface area contributed by atoms with Crippen LogP contribution in [0.15, 0.2) is 41.2 Å². The number of hydrogen-bond donors (Lipinski definition) is 2. The van der Waals surface area contributed by atoms with E-state index in [1.54, 1.807) is 0 Å². The zero-order chi connectivity index (χ0) is 22.8. The number of hydrogen-bond acceptors (Lipinski definition) is 4. The number of fused-ring (bicyclic) bond motifs is 2. The van der Waals surface area contributed by atoms with E-state index in [0.717, 1.165) is 45.5 Å². The molecule has 1 aliphatic rings. The van der Waals surface area contributed by atoms with Crippen molar-refractivity contribution in [2.75, 3.05) is 6.79 Å². The van der Waals surface area contributed by atoms with Crippen molar-refractivity contribution in [1.29, 1.82) is 0 Å². The molecule has 0 amide bonds. The van der Waals surface area contributed by atoms with E-state index in [1.165, 1.54) is 0 Å². The quantitative estimate of drug-likeness (QED) is 0.536. The van der Waals surface area contributed by atoms with Crippen molar-refractivity contribution in [3.8, 4) is 11.5 Å². The molecule has 1 unspecified atom stereocenters. The van der Waals surface area contributed by atoms with Gasteiger partial charge in [0.15, 0.2) is 16.6 Å². The van der Waals surface area contributed by atoms with Gasteiger partial charge < -0.3 is 24.7 Å². The van der Waals surface area contributed by atoms with E-state index in [1.807, 2.05) is 43.0 Å². The van der Waals surface area contributed by atoms with Crippen molar-refractivity contribution in [1.82, 2.24) is 15.2 Å². The molecule has 32 heavy (non-hydrogen) atoms.